The van der Waals surface area contributed by atoms with Crippen LogP contribution in [0.25, 0.3) is 0 Å². The number of halogens is 1. The molecular weight excluding hydrogens is 215 g/mol. The fraction of sp³-hybridized carbons (Fsp3) is 0.467. The standard InChI is InChI=1S/C15H17FO/c1-2-3-4-8-15(17)9-7-12-5-6-14(16)10-13(12)11-15/h5-6,10,17H,2-3,7,9,11H2,1H3. The number of fused-ring (bicyclic) bond motifs is 1. The molecule has 1 N–H and O–H groups in total. The summed E-state index contributed by atoms with van der Waals surface area (Å²) in [5, 5.41) is 10.3. The van der Waals surface area contributed by atoms with E-state index in [1.54, 1.807) is 0 Å². The molecule has 0 aromatic heterocycles. The molecule has 1 aliphatic rings. The van der Waals surface area contributed by atoms with Crippen molar-refractivity contribution in [1.82, 2.24) is 0 Å². The number of rotatable bonds is 1. The summed E-state index contributed by atoms with van der Waals surface area (Å²) in [5.41, 5.74) is 1.06. The molecule has 2 rings (SSSR count). The predicted molar refractivity (Wildman–Crippen MR) is 66.1 cm³/mol. The summed E-state index contributed by atoms with van der Waals surface area (Å²) < 4.78 is 13.1. The normalized spacial score (nSPS) is 22.5. The van der Waals surface area contributed by atoms with E-state index in [0.29, 0.717) is 12.8 Å². The third kappa shape index (κ3) is 2.87. The van der Waals surface area contributed by atoms with Gasteiger partial charge in [0, 0.05) is 12.8 Å². The number of hydrogen-bond acceptors (Lipinski definition) is 1. The Bertz CT molecular complexity index is 470. The molecule has 2 heteroatoms. The molecule has 17 heavy (non-hydrogen) atoms. The lowest BCUT2D eigenvalue weighted by Crippen LogP contribution is -2.34. The van der Waals surface area contributed by atoms with Gasteiger partial charge in [-0.3, -0.25) is 0 Å². The molecule has 0 fully saturated rings. The largest absolute Gasteiger partial charge is 0.377 e. The van der Waals surface area contributed by atoms with Crippen molar-refractivity contribution in [3.8, 4) is 11.8 Å². The number of aryl methyl sites for hydroxylation is 1. The van der Waals surface area contributed by atoms with Gasteiger partial charge in [0.05, 0.1) is 0 Å². The van der Waals surface area contributed by atoms with Crippen LogP contribution in [0.2, 0.25) is 0 Å². The molecule has 0 heterocycles. The molecular formula is C15H17FO. The lowest BCUT2D eigenvalue weighted by molar-refractivity contribution is 0.0861. The summed E-state index contributed by atoms with van der Waals surface area (Å²) in [7, 11) is 0. The Labute approximate surface area is 102 Å². The van der Waals surface area contributed by atoms with Crippen LogP contribution in [-0.2, 0) is 12.8 Å². The molecule has 0 radical (unpaired) electrons. The highest BCUT2D eigenvalue weighted by Crippen LogP contribution is 2.28. The average molecular weight is 232 g/mol. The van der Waals surface area contributed by atoms with Crippen LogP contribution >= 0.6 is 0 Å². The van der Waals surface area contributed by atoms with E-state index in [-0.39, 0.29) is 5.82 Å². The maximum absolute atomic E-state index is 13.1. The molecule has 0 saturated heterocycles. The van der Waals surface area contributed by atoms with Gasteiger partial charge < -0.3 is 5.11 Å². The highest BCUT2D eigenvalue weighted by molar-refractivity contribution is 5.35. The lowest BCUT2D eigenvalue weighted by Gasteiger charge is -2.29. The molecule has 1 unspecified atom stereocenters. The first kappa shape index (κ1) is 12.1. The van der Waals surface area contributed by atoms with Gasteiger partial charge in [0.2, 0.25) is 0 Å². The molecule has 0 aliphatic heterocycles. The van der Waals surface area contributed by atoms with E-state index >= 15 is 0 Å². The molecule has 1 aromatic carbocycles. The van der Waals surface area contributed by atoms with Gasteiger partial charge in [-0.05, 0) is 42.5 Å². The summed E-state index contributed by atoms with van der Waals surface area (Å²) >= 11 is 0. The van der Waals surface area contributed by atoms with Crippen LogP contribution in [0, 0.1) is 17.7 Å². The van der Waals surface area contributed by atoms with E-state index in [1.807, 2.05) is 6.07 Å². The monoisotopic (exact) mass is 232 g/mol. The Kier molecular flexibility index (Phi) is 3.49. The SMILES string of the molecule is CCCC#CC1(O)CCc2ccc(F)cc2C1. The van der Waals surface area contributed by atoms with Crippen LogP contribution in [0.1, 0.15) is 37.3 Å². The van der Waals surface area contributed by atoms with E-state index in [2.05, 4.69) is 18.8 Å². The Balaban J connectivity index is 2.20. The maximum atomic E-state index is 13.1. The fourth-order valence-electron chi connectivity index (χ4n) is 2.21. The van der Waals surface area contributed by atoms with Crippen LogP contribution in [-0.4, -0.2) is 10.7 Å². The topological polar surface area (TPSA) is 20.2 Å². The first-order valence-corrected chi connectivity index (χ1v) is 6.13. The highest BCUT2D eigenvalue weighted by Gasteiger charge is 2.30. The second-order valence-corrected chi connectivity index (χ2v) is 4.67. The van der Waals surface area contributed by atoms with Gasteiger partial charge in [0.15, 0.2) is 0 Å². The van der Waals surface area contributed by atoms with Crippen molar-refractivity contribution < 1.29 is 9.50 Å². The van der Waals surface area contributed by atoms with Gasteiger partial charge >= 0.3 is 0 Å². The van der Waals surface area contributed by atoms with Gasteiger partial charge in [-0.1, -0.05) is 18.9 Å². The zero-order chi connectivity index (χ0) is 12.3. The molecule has 1 aliphatic carbocycles. The summed E-state index contributed by atoms with van der Waals surface area (Å²) in [6.45, 7) is 2.06. The summed E-state index contributed by atoms with van der Waals surface area (Å²) in [6, 6.07) is 4.80. The summed E-state index contributed by atoms with van der Waals surface area (Å²) in [5.74, 6) is 5.70. The zero-order valence-electron chi connectivity index (χ0n) is 10.1. The van der Waals surface area contributed by atoms with Crippen molar-refractivity contribution in [2.75, 3.05) is 0 Å². The van der Waals surface area contributed by atoms with E-state index < -0.39 is 5.60 Å². The maximum Gasteiger partial charge on any atom is 0.129 e. The minimum absolute atomic E-state index is 0.241. The van der Waals surface area contributed by atoms with Gasteiger partial charge in [0.1, 0.15) is 11.4 Å². The molecule has 0 amide bonds. The Hall–Kier alpha value is -1.33. The predicted octanol–water partition coefficient (Wildman–Crippen LogP) is 2.85. The molecule has 0 saturated carbocycles. The van der Waals surface area contributed by atoms with Crippen LogP contribution in [0.4, 0.5) is 4.39 Å². The minimum Gasteiger partial charge on any atom is -0.377 e. The number of benzene rings is 1. The minimum atomic E-state index is -0.962. The third-order valence-corrected chi connectivity index (χ3v) is 3.16. The molecule has 1 nitrogen and oxygen atoms in total. The van der Waals surface area contributed by atoms with Crippen molar-refractivity contribution in [2.24, 2.45) is 0 Å². The molecule has 0 bridgehead atoms. The van der Waals surface area contributed by atoms with Crippen LogP contribution < -0.4 is 0 Å². The lowest BCUT2D eigenvalue weighted by atomic mass is 9.81. The van der Waals surface area contributed by atoms with Crippen molar-refractivity contribution in [1.29, 1.82) is 0 Å². The zero-order valence-corrected chi connectivity index (χ0v) is 10.1. The first-order valence-electron chi connectivity index (χ1n) is 6.13. The Morgan fingerprint density at radius 2 is 2.24 bits per heavy atom. The second-order valence-electron chi connectivity index (χ2n) is 4.67. The fourth-order valence-corrected chi connectivity index (χ4v) is 2.21. The molecule has 0 spiro atoms. The van der Waals surface area contributed by atoms with E-state index in [9.17, 15) is 9.50 Å². The van der Waals surface area contributed by atoms with Crippen molar-refractivity contribution in [2.45, 2.75) is 44.6 Å². The van der Waals surface area contributed by atoms with Gasteiger partial charge in [-0.2, -0.15) is 0 Å². The molecule has 1 aromatic rings. The average Bonchev–Trinajstić information content (AvgIpc) is 2.28. The van der Waals surface area contributed by atoms with E-state index in [0.717, 1.165) is 30.4 Å². The van der Waals surface area contributed by atoms with Crippen LogP contribution in [0.15, 0.2) is 18.2 Å². The molecule has 90 valence electrons. The number of unbranched alkanes of at least 4 members (excludes halogenated alkanes) is 1. The summed E-state index contributed by atoms with van der Waals surface area (Å²) in [6.07, 6.45) is 3.65. The first-order chi connectivity index (χ1) is 8.13. The number of hydrogen-bond donors (Lipinski definition) is 1. The molecule has 1 atom stereocenters. The van der Waals surface area contributed by atoms with Crippen molar-refractivity contribution in [3.63, 3.8) is 0 Å². The van der Waals surface area contributed by atoms with Crippen molar-refractivity contribution >= 4 is 0 Å². The highest BCUT2D eigenvalue weighted by atomic mass is 19.1. The van der Waals surface area contributed by atoms with E-state index in [1.165, 1.54) is 12.1 Å². The van der Waals surface area contributed by atoms with E-state index in [4.69, 9.17) is 0 Å². The summed E-state index contributed by atoms with van der Waals surface area (Å²) in [4.78, 5) is 0. The second kappa shape index (κ2) is 4.89. The number of aliphatic hydroxyl groups is 1. The smallest absolute Gasteiger partial charge is 0.129 e. The Morgan fingerprint density at radius 1 is 1.41 bits per heavy atom. The van der Waals surface area contributed by atoms with Gasteiger partial charge in [-0.15, -0.1) is 5.92 Å². The third-order valence-electron chi connectivity index (χ3n) is 3.16. The quantitative estimate of drug-likeness (QED) is 0.738. The Morgan fingerprint density at radius 3 is 3.00 bits per heavy atom. The van der Waals surface area contributed by atoms with Gasteiger partial charge in [0.25, 0.3) is 0 Å². The van der Waals surface area contributed by atoms with Crippen LogP contribution in [0.3, 0.4) is 0 Å². The van der Waals surface area contributed by atoms with Crippen molar-refractivity contribution in [3.05, 3.63) is 35.1 Å². The van der Waals surface area contributed by atoms with Crippen LogP contribution in [0.5, 0.6) is 0 Å². The van der Waals surface area contributed by atoms with Gasteiger partial charge in [-0.25, -0.2) is 4.39 Å².